The molecule has 2 heterocycles. The molecule has 3 unspecified atom stereocenters. The number of nitrogens with one attached hydrogen (secondary N) is 2. The van der Waals surface area contributed by atoms with Crippen molar-refractivity contribution in [3.8, 4) is 0 Å². The van der Waals surface area contributed by atoms with Gasteiger partial charge in [-0.05, 0) is 44.2 Å². The van der Waals surface area contributed by atoms with E-state index in [0.717, 1.165) is 25.5 Å². The molecule has 0 aromatic heterocycles. The summed E-state index contributed by atoms with van der Waals surface area (Å²) in [6.07, 6.45) is 4.27. The second-order valence-corrected chi connectivity index (χ2v) is 6.46. The molecule has 0 aliphatic carbocycles. The van der Waals surface area contributed by atoms with E-state index < -0.39 is 0 Å². The van der Waals surface area contributed by atoms with Crippen LogP contribution >= 0.6 is 24.0 Å². The molecular weight excluding hydrogens is 429 g/mol. The summed E-state index contributed by atoms with van der Waals surface area (Å²) in [7, 11) is 0. The van der Waals surface area contributed by atoms with Crippen molar-refractivity contribution >= 4 is 29.9 Å². The molecule has 3 atom stereocenters. The molecule has 2 aliphatic rings. The van der Waals surface area contributed by atoms with E-state index in [-0.39, 0.29) is 24.0 Å². The van der Waals surface area contributed by atoms with Crippen LogP contribution in [-0.2, 0) is 22.6 Å². The van der Waals surface area contributed by atoms with Crippen LogP contribution in [0.4, 0.5) is 0 Å². The minimum Gasteiger partial charge on any atom is -0.377 e. The van der Waals surface area contributed by atoms with Gasteiger partial charge in [0.05, 0.1) is 31.4 Å². The third kappa shape index (κ3) is 5.56. The Morgan fingerprint density at radius 1 is 1.24 bits per heavy atom. The third-order valence-corrected chi connectivity index (χ3v) is 4.76. The number of ether oxygens (including phenoxy) is 2. The quantitative estimate of drug-likeness (QED) is 0.374. The maximum atomic E-state index is 5.93. The first kappa shape index (κ1) is 20.5. The molecule has 2 N–H and O–H groups in total. The summed E-state index contributed by atoms with van der Waals surface area (Å²) >= 11 is 0. The molecule has 25 heavy (non-hydrogen) atoms. The summed E-state index contributed by atoms with van der Waals surface area (Å²) in [6.45, 7) is 7.00. The standard InChI is InChI=1S/C19H29N3O2.HI/c1-3-20-19(22-17-11-16-9-10-18(17)24-16)21-12-14-7-5-6-8-15(14)13-23-4-2;/h5-8,16-18H,3-4,9-13H2,1-2H3,(H2,20,21,22);1H. The zero-order chi connectivity index (χ0) is 16.8. The van der Waals surface area contributed by atoms with Gasteiger partial charge in [-0.1, -0.05) is 24.3 Å². The highest BCUT2D eigenvalue weighted by atomic mass is 127. The molecule has 2 aliphatic heterocycles. The van der Waals surface area contributed by atoms with E-state index in [0.29, 0.717) is 31.4 Å². The van der Waals surface area contributed by atoms with Crippen LogP contribution in [0.25, 0.3) is 0 Å². The molecular formula is C19H30IN3O2. The normalized spacial score (nSPS) is 24.9. The van der Waals surface area contributed by atoms with Gasteiger partial charge in [-0.2, -0.15) is 0 Å². The number of halogens is 1. The Bertz CT molecular complexity index is 567. The van der Waals surface area contributed by atoms with Gasteiger partial charge in [-0.15, -0.1) is 24.0 Å². The maximum absolute atomic E-state index is 5.93. The van der Waals surface area contributed by atoms with Crippen molar-refractivity contribution in [2.24, 2.45) is 4.99 Å². The van der Waals surface area contributed by atoms with Crippen molar-refractivity contribution in [1.29, 1.82) is 0 Å². The second-order valence-electron chi connectivity index (χ2n) is 6.46. The van der Waals surface area contributed by atoms with Crippen molar-refractivity contribution in [3.05, 3.63) is 35.4 Å². The van der Waals surface area contributed by atoms with Gasteiger partial charge in [0.15, 0.2) is 5.96 Å². The minimum absolute atomic E-state index is 0. The summed E-state index contributed by atoms with van der Waals surface area (Å²) in [5.74, 6) is 0.880. The van der Waals surface area contributed by atoms with E-state index in [4.69, 9.17) is 14.5 Å². The lowest BCUT2D eigenvalue weighted by molar-refractivity contribution is 0.0992. The van der Waals surface area contributed by atoms with E-state index >= 15 is 0 Å². The van der Waals surface area contributed by atoms with Gasteiger partial charge < -0.3 is 20.1 Å². The van der Waals surface area contributed by atoms with Crippen LogP contribution in [0, 0.1) is 0 Å². The molecule has 0 spiro atoms. The van der Waals surface area contributed by atoms with Gasteiger partial charge in [-0.25, -0.2) is 4.99 Å². The zero-order valence-electron chi connectivity index (χ0n) is 15.2. The van der Waals surface area contributed by atoms with Gasteiger partial charge in [0.2, 0.25) is 0 Å². The number of aliphatic imine (C=N–C) groups is 1. The lowest BCUT2D eigenvalue weighted by atomic mass is 9.96. The van der Waals surface area contributed by atoms with E-state index in [2.05, 4.69) is 41.8 Å². The van der Waals surface area contributed by atoms with Crippen molar-refractivity contribution in [1.82, 2.24) is 10.6 Å². The SMILES string of the molecule is CCNC(=NCc1ccccc1COCC)NC1CC2CCC1O2.I. The molecule has 1 aromatic rings. The summed E-state index contributed by atoms with van der Waals surface area (Å²) in [4.78, 5) is 4.78. The topological polar surface area (TPSA) is 54.9 Å². The first-order chi connectivity index (χ1) is 11.8. The van der Waals surface area contributed by atoms with Crippen LogP contribution in [0.5, 0.6) is 0 Å². The van der Waals surface area contributed by atoms with Gasteiger partial charge in [0.1, 0.15) is 0 Å². The van der Waals surface area contributed by atoms with E-state index in [1.807, 2.05) is 6.92 Å². The van der Waals surface area contributed by atoms with Crippen LogP contribution in [0.15, 0.2) is 29.3 Å². The Morgan fingerprint density at radius 3 is 2.68 bits per heavy atom. The van der Waals surface area contributed by atoms with Crippen LogP contribution < -0.4 is 10.6 Å². The highest BCUT2D eigenvalue weighted by Crippen LogP contribution is 2.34. The van der Waals surface area contributed by atoms with Gasteiger partial charge in [0, 0.05) is 13.2 Å². The number of hydrogen-bond acceptors (Lipinski definition) is 3. The number of rotatable bonds is 7. The molecule has 2 bridgehead atoms. The fraction of sp³-hybridized carbons (Fsp3) is 0.632. The van der Waals surface area contributed by atoms with Crippen molar-refractivity contribution in [2.45, 2.75) is 64.5 Å². The zero-order valence-corrected chi connectivity index (χ0v) is 17.5. The molecule has 1 aromatic carbocycles. The Balaban J connectivity index is 0.00000225. The number of hydrogen-bond donors (Lipinski definition) is 2. The summed E-state index contributed by atoms with van der Waals surface area (Å²) in [6, 6.07) is 8.74. The van der Waals surface area contributed by atoms with Gasteiger partial charge in [-0.3, -0.25) is 0 Å². The number of nitrogens with zero attached hydrogens (tertiary/aromatic N) is 1. The fourth-order valence-electron chi connectivity index (χ4n) is 3.51. The van der Waals surface area contributed by atoms with E-state index in [9.17, 15) is 0 Å². The molecule has 0 saturated carbocycles. The Hall–Kier alpha value is -0.860. The molecule has 6 heteroatoms. The molecule has 0 amide bonds. The summed E-state index contributed by atoms with van der Waals surface area (Å²) < 4.78 is 11.5. The Labute approximate surface area is 168 Å². The molecule has 0 radical (unpaired) electrons. The second kappa shape index (κ2) is 10.3. The highest BCUT2D eigenvalue weighted by Gasteiger charge is 2.41. The molecule has 3 rings (SSSR count). The van der Waals surface area contributed by atoms with E-state index in [1.165, 1.54) is 24.0 Å². The largest absolute Gasteiger partial charge is 0.377 e. The fourth-order valence-corrected chi connectivity index (χ4v) is 3.51. The van der Waals surface area contributed by atoms with Crippen molar-refractivity contribution < 1.29 is 9.47 Å². The lowest BCUT2D eigenvalue weighted by Gasteiger charge is -2.22. The summed E-state index contributed by atoms with van der Waals surface area (Å²) in [5.41, 5.74) is 2.43. The average Bonchev–Trinajstić information content (AvgIpc) is 3.21. The predicted molar refractivity (Wildman–Crippen MR) is 111 cm³/mol. The predicted octanol–water partition coefficient (Wildman–Crippen LogP) is 3.22. The monoisotopic (exact) mass is 459 g/mol. The van der Waals surface area contributed by atoms with Gasteiger partial charge >= 0.3 is 0 Å². The molecule has 140 valence electrons. The highest BCUT2D eigenvalue weighted by molar-refractivity contribution is 14.0. The first-order valence-electron chi connectivity index (χ1n) is 9.15. The average molecular weight is 459 g/mol. The van der Waals surface area contributed by atoms with Crippen LogP contribution in [0.1, 0.15) is 44.2 Å². The van der Waals surface area contributed by atoms with Crippen LogP contribution in [0.3, 0.4) is 0 Å². The molecule has 5 nitrogen and oxygen atoms in total. The number of benzene rings is 1. The number of fused-ring (bicyclic) bond motifs is 2. The van der Waals surface area contributed by atoms with Crippen LogP contribution in [0.2, 0.25) is 0 Å². The summed E-state index contributed by atoms with van der Waals surface area (Å²) in [5, 5.41) is 6.92. The van der Waals surface area contributed by atoms with Gasteiger partial charge in [0.25, 0.3) is 0 Å². The molecule has 2 saturated heterocycles. The lowest BCUT2D eigenvalue weighted by Crippen LogP contribution is -2.47. The smallest absolute Gasteiger partial charge is 0.191 e. The molecule has 2 fully saturated rings. The first-order valence-corrected chi connectivity index (χ1v) is 9.15. The maximum Gasteiger partial charge on any atom is 0.191 e. The van der Waals surface area contributed by atoms with Crippen LogP contribution in [-0.4, -0.2) is 37.4 Å². The number of guanidine groups is 1. The van der Waals surface area contributed by atoms with Crippen molar-refractivity contribution in [2.75, 3.05) is 13.2 Å². The third-order valence-electron chi connectivity index (χ3n) is 4.76. The minimum atomic E-state index is 0. The van der Waals surface area contributed by atoms with E-state index in [1.54, 1.807) is 0 Å². The Kier molecular flexibility index (Phi) is 8.45. The Morgan fingerprint density at radius 2 is 2.04 bits per heavy atom. The van der Waals surface area contributed by atoms with Crippen molar-refractivity contribution in [3.63, 3.8) is 0 Å².